The Morgan fingerprint density at radius 2 is 2.00 bits per heavy atom. The molecule has 0 aliphatic carbocycles. The molecule has 0 fully saturated rings. The van der Waals surface area contributed by atoms with Crippen LogP contribution in [0.5, 0.6) is 5.75 Å². The van der Waals surface area contributed by atoms with Gasteiger partial charge in [0.25, 0.3) is 0 Å². The van der Waals surface area contributed by atoms with Crippen LogP contribution in [0, 0.1) is 0 Å². The van der Waals surface area contributed by atoms with Crippen LogP contribution in [0.15, 0.2) is 64.2 Å². The number of aromatic hydroxyl groups is 1. The van der Waals surface area contributed by atoms with E-state index < -0.39 is 11.2 Å². The lowest BCUT2D eigenvalue weighted by Crippen LogP contribution is -2.03. The second kappa shape index (κ2) is 4.21. The zero-order chi connectivity index (χ0) is 14.4. The molecule has 5 nitrogen and oxygen atoms in total. The maximum atomic E-state index is 12.2. The molecule has 0 saturated carbocycles. The Kier molecular flexibility index (Phi) is 2.35. The highest BCUT2D eigenvalue weighted by atomic mass is 16.4. The van der Waals surface area contributed by atoms with E-state index in [9.17, 15) is 9.90 Å². The number of aromatic nitrogens is 2. The standard InChI is InChI=1S/C16H10N2O3/c19-14-11-5-1-2-6-13(11)21-16(15(14)20)12-8-10-4-3-7-18(10)9-17-12/h1-9,20H. The molecule has 21 heavy (non-hydrogen) atoms. The van der Waals surface area contributed by atoms with Crippen molar-refractivity contribution in [3.05, 3.63) is 65.2 Å². The molecule has 1 N–H and O–H groups in total. The molecule has 0 saturated heterocycles. The van der Waals surface area contributed by atoms with Crippen LogP contribution in [0.3, 0.4) is 0 Å². The van der Waals surface area contributed by atoms with Crippen LogP contribution in [-0.4, -0.2) is 14.5 Å². The molecule has 3 heterocycles. The van der Waals surface area contributed by atoms with Gasteiger partial charge in [0, 0.05) is 11.7 Å². The molecule has 0 amide bonds. The Bertz CT molecular complexity index is 1030. The van der Waals surface area contributed by atoms with Crippen molar-refractivity contribution in [3.63, 3.8) is 0 Å². The van der Waals surface area contributed by atoms with Gasteiger partial charge in [-0.15, -0.1) is 0 Å². The Labute approximate surface area is 118 Å². The van der Waals surface area contributed by atoms with Gasteiger partial charge in [0.15, 0.2) is 5.76 Å². The molecule has 0 bridgehead atoms. The molecule has 4 rings (SSSR count). The lowest BCUT2D eigenvalue weighted by atomic mass is 10.2. The number of hydrogen-bond donors (Lipinski definition) is 1. The average molecular weight is 278 g/mol. The largest absolute Gasteiger partial charge is 0.501 e. The third-order valence-corrected chi connectivity index (χ3v) is 3.42. The first-order valence-corrected chi connectivity index (χ1v) is 6.42. The summed E-state index contributed by atoms with van der Waals surface area (Å²) >= 11 is 0. The Morgan fingerprint density at radius 1 is 1.14 bits per heavy atom. The molecule has 3 aromatic heterocycles. The van der Waals surface area contributed by atoms with Crippen LogP contribution in [0.4, 0.5) is 0 Å². The van der Waals surface area contributed by atoms with Gasteiger partial charge in [0.05, 0.1) is 11.7 Å². The highest BCUT2D eigenvalue weighted by molar-refractivity contribution is 5.81. The van der Waals surface area contributed by atoms with Gasteiger partial charge in [-0.2, -0.15) is 0 Å². The summed E-state index contributed by atoms with van der Waals surface area (Å²) in [6.07, 6.45) is 3.47. The number of hydrogen-bond acceptors (Lipinski definition) is 4. The number of rotatable bonds is 1. The van der Waals surface area contributed by atoms with E-state index in [0.29, 0.717) is 16.7 Å². The second-order valence-corrected chi connectivity index (χ2v) is 4.72. The van der Waals surface area contributed by atoms with Crippen molar-refractivity contribution >= 4 is 16.5 Å². The third kappa shape index (κ3) is 1.71. The first-order chi connectivity index (χ1) is 10.2. The van der Waals surface area contributed by atoms with Gasteiger partial charge in [-0.3, -0.25) is 4.79 Å². The van der Waals surface area contributed by atoms with E-state index in [1.54, 1.807) is 36.7 Å². The van der Waals surface area contributed by atoms with Crippen LogP contribution in [0.25, 0.3) is 27.9 Å². The number of benzene rings is 1. The minimum Gasteiger partial charge on any atom is -0.501 e. The molecule has 0 aliphatic heterocycles. The Hall–Kier alpha value is -3.08. The normalized spacial score (nSPS) is 11.2. The molecule has 0 radical (unpaired) electrons. The van der Waals surface area contributed by atoms with E-state index in [4.69, 9.17) is 4.42 Å². The minimum atomic E-state index is -0.455. The molecule has 4 aromatic rings. The van der Waals surface area contributed by atoms with Gasteiger partial charge in [0.2, 0.25) is 11.2 Å². The summed E-state index contributed by atoms with van der Waals surface area (Å²) in [5.41, 5.74) is 1.29. The maximum absolute atomic E-state index is 12.2. The second-order valence-electron chi connectivity index (χ2n) is 4.72. The van der Waals surface area contributed by atoms with Crippen LogP contribution < -0.4 is 5.43 Å². The lowest BCUT2D eigenvalue weighted by Gasteiger charge is -2.05. The summed E-state index contributed by atoms with van der Waals surface area (Å²) in [7, 11) is 0. The smallest absolute Gasteiger partial charge is 0.235 e. The maximum Gasteiger partial charge on any atom is 0.235 e. The lowest BCUT2D eigenvalue weighted by molar-refractivity contribution is 0.448. The predicted octanol–water partition coefficient (Wildman–Crippen LogP) is 2.81. The third-order valence-electron chi connectivity index (χ3n) is 3.42. The Morgan fingerprint density at radius 3 is 2.90 bits per heavy atom. The predicted molar refractivity (Wildman–Crippen MR) is 78.3 cm³/mol. The molecule has 0 unspecified atom stereocenters. The fraction of sp³-hybridized carbons (Fsp3) is 0. The van der Waals surface area contributed by atoms with E-state index in [1.165, 1.54) is 0 Å². The zero-order valence-electron chi connectivity index (χ0n) is 10.9. The van der Waals surface area contributed by atoms with Crippen molar-refractivity contribution in [1.82, 2.24) is 9.38 Å². The van der Waals surface area contributed by atoms with Crippen molar-refractivity contribution < 1.29 is 9.52 Å². The summed E-state index contributed by atoms with van der Waals surface area (Å²) in [6.45, 7) is 0. The van der Waals surface area contributed by atoms with Crippen LogP contribution in [-0.2, 0) is 0 Å². The highest BCUT2D eigenvalue weighted by Gasteiger charge is 2.16. The van der Waals surface area contributed by atoms with E-state index in [2.05, 4.69) is 4.98 Å². The van der Waals surface area contributed by atoms with Crippen LogP contribution in [0.1, 0.15) is 0 Å². The molecular weight excluding hydrogens is 268 g/mol. The minimum absolute atomic E-state index is 0.0856. The summed E-state index contributed by atoms with van der Waals surface area (Å²) in [5.74, 6) is -0.334. The number of para-hydroxylation sites is 1. The average Bonchev–Trinajstić information content (AvgIpc) is 2.98. The fourth-order valence-electron chi connectivity index (χ4n) is 2.37. The van der Waals surface area contributed by atoms with Gasteiger partial charge >= 0.3 is 0 Å². The highest BCUT2D eigenvalue weighted by Crippen LogP contribution is 2.29. The quantitative estimate of drug-likeness (QED) is 0.581. The molecule has 0 atom stereocenters. The zero-order valence-corrected chi connectivity index (χ0v) is 10.9. The molecular formula is C16H10N2O3. The van der Waals surface area contributed by atoms with Gasteiger partial charge in [-0.1, -0.05) is 12.1 Å². The number of nitrogens with zero attached hydrogens (tertiary/aromatic N) is 2. The van der Waals surface area contributed by atoms with Crippen molar-refractivity contribution in [2.75, 3.05) is 0 Å². The van der Waals surface area contributed by atoms with Crippen LogP contribution >= 0.6 is 0 Å². The van der Waals surface area contributed by atoms with Gasteiger partial charge in [-0.25, -0.2) is 4.98 Å². The summed E-state index contributed by atoms with van der Waals surface area (Å²) in [4.78, 5) is 16.4. The van der Waals surface area contributed by atoms with E-state index in [0.717, 1.165) is 5.52 Å². The molecule has 0 spiro atoms. The van der Waals surface area contributed by atoms with Gasteiger partial charge in [-0.05, 0) is 30.3 Å². The SMILES string of the molecule is O=c1c(O)c(-c2cc3cccn3cn2)oc2ccccc12. The van der Waals surface area contributed by atoms with E-state index >= 15 is 0 Å². The van der Waals surface area contributed by atoms with Crippen molar-refractivity contribution in [2.45, 2.75) is 0 Å². The monoisotopic (exact) mass is 278 g/mol. The molecule has 0 aliphatic rings. The molecule has 1 aromatic carbocycles. The number of fused-ring (bicyclic) bond motifs is 2. The molecule has 102 valence electrons. The summed E-state index contributed by atoms with van der Waals surface area (Å²) in [5, 5.41) is 10.5. The first-order valence-electron chi connectivity index (χ1n) is 6.42. The summed E-state index contributed by atoms with van der Waals surface area (Å²) < 4.78 is 7.50. The van der Waals surface area contributed by atoms with E-state index in [1.807, 2.05) is 22.7 Å². The Balaban J connectivity index is 2.05. The van der Waals surface area contributed by atoms with Crippen molar-refractivity contribution in [1.29, 1.82) is 0 Å². The topological polar surface area (TPSA) is 67.7 Å². The van der Waals surface area contributed by atoms with Gasteiger partial charge in [0.1, 0.15) is 11.3 Å². The van der Waals surface area contributed by atoms with E-state index in [-0.39, 0.29) is 5.76 Å². The van der Waals surface area contributed by atoms with Crippen molar-refractivity contribution in [2.24, 2.45) is 0 Å². The molecule has 5 heteroatoms. The summed E-state index contributed by atoms with van der Waals surface area (Å²) in [6, 6.07) is 12.4. The fourth-order valence-corrected chi connectivity index (χ4v) is 2.37. The van der Waals surface area contributed by atoms with Gasteiger partial charge < -0.3 is 13.9 Å². The first kappa shape index (κ1) is 11.7. The van der Waals surface area contributed by atoms with Crippen LogP contribution in [0.2, 0.25) is 0 Å². The van der Waals surface area contributed by atoms with Crippen molar-refractivity contribution in [3.8, 4) is 17.2 Å².